The molecule has 0 atom stereocenters. The lowest BCUT2D eigenvalue weighted by Crippen LogP contribution is -2.21. The summed E-state index contributed by atoms with van der Waals surface area (Å²) < 4.78 is 0. The summed E-state index contributed by atoms with van der Waals surface area (Å²) in [5, 5.41) is 8.06. The smallest absolute Gasteiger partial charge is 0.243 e. The van der Waals surface area contributed by atoms with Crippen LogP contribution in [-0.2, 0) is 4.79 Å². The van der Waals surface area contributed by atoms with Gasteiger partial charge in [-0.1, -0.05) is 48.5 Å². The lowest BCUT2D eigenvalue weighted by Gasteiger charge is -2.10. The average Bonchev–Trinajstić information content (AvgIpc) is 2.60. The second kappa shape index (κ2) is 6.96. The standard InChI is InChI=1S/C20H18N2O2/c1-14(23)16-8-4-9-17(12-16)21-13-20(24)22-19-11-5-7-15-6-2-3-10-18(15)19/h2-12,21H,13H2,1H3,(H,22,24). The van der Waals surface area contributed by atoms with Crippen LogP contribution in [0.2, 0.25) is 0 Å². The molecule has 0 spiro atoms. The van der Waals surface area contributed by atoms with Crippen molar-refractivity contribution < 1.29 is 9.59 Å². The Morgan fingerprint density at radius 2 is 1.67 bits per heavy atom. The molecule has 4 heteroatoms. The van der Waals surface area contributed by atoms with Gasteiger partial charge in [0.05, 0.1) is 6.54 Å². The first-order valence-corrected chi connectivity index (χ1v) is 7.76. The molecule has 3 rings (SSSR count). The van der Waals surface area contributed by atoms with Gasteiger partial charge in [-0.15, -0.1) is 0 Å². The van der Waals surface area contributed by atoms with Crippen LogP contribution < -0.4 is 10.6 Å². The lowest BCUT2D eigenvalue weighted by atomic mass is 10.1. The fourth-order valence-electron chi connectivity index (χ4n) is 2.56. The zero-order chi connectivity index (χ0) is 16.9. The summed E-state index contributed by atoms with van der Waals surface area (Å²) in [6.07, 6.45) is 0. The van der Waals surface area contributed by atoms with Crippen molar-refractivity contribution in [2.24, 2.45) is 0 Å². The molecule has 120 valence electrons. The Labute approximate surface area is 140 Å². The number of rotatable bonds is 5. The van der Waals surface area contributed by atoms with Gasteiger partial charge in [-0.25, -0.2) is 0 Å². The van der Waals surface area contributed by atoms with Gasteiger partial charge in [0.2, 0.25) is 5.91 Å². The van der Waals surface area contributed by atoms with E-state index < -0.39 is 0 Å². The number of carbonyl (C=O) groups excluding carboxylic acids is 2. The maximum Gasteiger partial charge on any atom is 0.243 e. The van der Waals surface area contributed by atoms with E-state index in [9.17, 15) is 9.59 Å². The monoisotopic (exact) mass is 318 g/mol. The molecule has 0 heterocycles. The minimum atomic E-state index is -0.139. The van der Waals surface area contributed by atoms with Crippen molar-refractivity contribution in [2.45, 2.75) is 6.92 Å². The van der Waals surface area contributed by atoms with E-state index in [1.165, 1.54) is 6.92 Å². The van der Waals surface area contributed by atoms with Crippen molar-refractivity contribution in [3.8, 4) is 0 Å². The van der Waals surface area contributed by atoms with Crippen molar-refractivity contribution in [3.05, 3.63) is 72.3 Å². The number of hydrogen-bond acceptors (Lipinski definition) is 3. The highest BCUT2D eigenvalue weighted by Crippen LogP contribution is 2.22. The molecule has 0 aliphatic rings. The Balaban J connectivity index is 1.67. The third kappa shape index (κ3) is 3.60. The highest BCUT2D eigenvalue weighted by Gasteiger charge is 2.06. The van der Waals surface area contributed by atoms with Crippen LogP contribution in [0.4, 0.5) is 11.4 Å². The van der Waals surface area contributed by atoms with Gasteiger partial charge < -0.3 is 10.6 Å². The molecule has 2 N–H and O–H groups in total. The summed E-state index contributed by atoms with van der Waals surface area (Å²) in [5.41, 5.74) is 2.16. The van der Waals surface area contributed by atoms with E-state index in [4.69, 9.17) is 0 Å². The Hall–Kier alpha value is -3.14. The third-order valence-electron chi connectivity index (χ3n) is 3.79. The summed E-state index contributed by atoms with van der Waals surface area (Å²) in [7, 11) is 0. The third-order valence-corrected chi connectivity index (χ3v) is 3.79. The minimum absolute atomic E-state index is 0.00106. The molecule has 0 unspecified atom stereocenters. The van der Waals surface area contributed by atoms with Gasteiger partial charge >= 0.3 is 0 Å². The molecule has 0 saturated carbocycles. The van der Waals surface area contributed by atoms with Crippen molar-refractivity contribution in [2.75, 3.05) is 17.2 Å². The second-order valence-corrected chi connectivity index (χ2v) is 5.57. The summed E-state index contributed by atoms with van der Waals surface area (Å²) in [5.74, 6) is -0.140. The van der Waals surface area contributed by atoms with Crippen molar-refractivity contribution in [3.63, 3.8) is 0 Å². The first-order valence-electron chi connectivity index (χ1n) is 7.76. The first kappa shape index (κ1) is 15.7. The maximum absolute atomic E-state index is 12.2. The van der Waals surface area contributed by atoms with Crippen LogP contribution in [-0.4, -0.2) is 18.2 Å². The number of fused-ring (bicyclic) bond motifs is 1. The Kier molecular flexibility index (Phi) is 4.57. The number of nitrogens with one attached hydrogen (secondary N) is 2. The predicted molar refractivity (Wildman–Crippen MR) is 97.5 cm³/mol. The largest absolute Gasteiger partial charge is 0.376 e. The number of benzene rings is 3. The van der Waals surface area contributed by atoms with Crippen LogP contribution in [0, 0.1) is 0 Å². The Morgan fingerprint density at radius 1 is 0.917 bits per heavy atom. The van der Waals surface area contributed by atoms with Crippen LogP contribution in [0.25, 0.3) is 10.8 Å². The molecular formula is C20H18N2O2. The highest BCUT2D eigenvalue weighted by atomic mass is 16.2. The fourth-order valence-corrected chi connectivity index (χ4v) is 2.56. The molecular weight excluding hydrogens is 300 g/mol. The van der Waals surface area contributed by atoms with E-state index in [0.29, 0.717) is 5.56 Å². The van der Waals surface area contributed by atoms with Gasteiger partial charge in [-0.3, -0.25) is 9.59 Å². The van der Waals surface area contributed by atoms with Crippen LogP contribution >= 0.6 is 0 Å². The molecule has 3 aromatic carbocycles. The molecule has 0 aromatic heterocycles. The highest BCUT2D eigenvalue weighted by molar-refractivity contribution is 6.03. The summed E-state index contributed by atoms with van der Waals surface area (Å²) >= 11 is 0. The number of Topliss-reactive ketones (excluding diaryl/α,β-unsaturated/α-hetero) is 1. The van der Waals surface area contributed by atoms with Gasteiger partial charge in [-0.2, -0.15) is 0 Å². The van der Waals surface area contributed by atoms with Gasteiger partial charge in [-0.05, 0) is 30.5 Å². The fraction of sp³-hybridized carbons (Fsp3) is 0.100. The predicted octanol–water partition coefficient (Wildman–Crippen LogP) is 4.09. The minimum Gasteiger partial charge on any atom is -0.376 e. The quantitative estimate of drug-likeness (QED) is 0.697. The molecule has 3 aromatic rings. The zero-order valence-corrected chi connectivity index (χ0v) is 13.4. The molecule has 24 heavy (non-hydrogen) atoms. The average molecular weight is 318 g/mol. The maximum atomic E-state index is 12.2. The van der Waals surface area contributed by atoms with Gasteiger partial charge in [0.25, 0.3) is 0 Å². The molecule has 0 saturated heterocycles. The van der Waals surface area contributed by atoms with Crippen LogP contribution in [0.15, 0.2) is 66.7 Å². The van der Waals surface area contributed by atoms with E-state index in [1.54, 1.807) is 18.2 Å². The van der Waals surface area contributed by atoms with E-state index in [0.717, 1.165) is 22.1 Å². The zero-order valence-electron chi connectivity index (χ0n) is 13.4. The number of amides is 1. The normalized spacial score (nSPS) is 10.4. The summed E-state index contributed by atoms with van der Waals surface area (Å²) in [6, 6.07) is 20.8. The van der Waals surface area contributed by atoms with E-state index in [1.807, 2.05) is 48.5 Å². The lowest BCUT2D eigenvalue weighted by molar-refractivity contribution is -0.114. The molecule has 0 fully saturated rings. The summed E-state index contributed by atoms with van der Waals surface area (Å²) in [4.78, 5) is 23.6. The molecule has 0 radical (unpaired) electrons. The molecule has 1 amide bonds. The van der Waals surface area contributed by atoms with E-state index in [-0.39, 0.29) is 18.2 Å². The number of ketones is 1. The number of carbonyl (C=O) groups is 2. The van der Waals surface area contributed by atoms with Crippen LogP contribution in [0.1, 0.15) is 17.3 Å². The SMILES string of the molecule is CC(=O)c1cccc(NCC(=O)Nc2cccc3ccccc23)c1. The Bertz CT molecular complexity index is 898. The van der Waals surface area contributed by atoms with Gasteiger partial charge in [0.15, 0.2) is 5.78 Å². The number of hydrogen-bond donors (Lipinski definition) is 2. The van der Waals surface area contributed by atoms with Crippen molar-refractivity contribution in [1.29, 1.82) is 0 Å². The molecule has 4 nitrogen and oxygen atoms in total. The van der Waals surface area contributed by atoms with Crippen molar-refractivity contribution >= 4 is 33.8 Å². The first-order chi connectivity index (χ1) is 11.6. The van der Waals surface area contributed by atoms with Gasteiger partial charge in [0, 0.05) is 22.3 Å². The molecule has 0 bridgehead atoms. The second-order valence-electron chi connectivity index (χ2n) is 5.57. The van der Waals surface area contributed by atoms with Crippen molar-refractivity contribution in [1.82, 2.24) is 0 Å². The Morgan fingerprint density at radius 3 is 2.50 bits per heavy atom. The number of anilines is 2. The van der Waals surface area contributed by atoms with Crippen LogP contribution in [0.5, 0.6) is 0 Å². The van der Waals surface area contributed by atoms with E-state index >= 15 is 0 Å². The van der Waals surface area contributed by atoms with Gasteiger partial charge in [0.1, 0.15) is 0 Å². The van der Waals surface area contributed by atoms with E-state index in [2.05, 4.69) is 10.6 Å². The molecule has 0 aliphatic heterocycles. The molecule has 0 aliphatic carbocycles. The van der Waals surface area contributed by atoms with Crippen LogP contribution in [0.3, 0.4) is 0 Å². The summed E-state index contributed by atoms with van der Waals surface area (Å²) in [6.45, 7) is 1.65. The topological polar surface area (TPSA) is 58.2 Å².